The van der Waals surface area contributed by atoms with E-state index in [2.05, 4.69) is 4.74 Å². The molecule has 1 rings (SSSR count). The van der Waals surface area contributed by atoms with Crippen LogP contribution in [0.1, 0.15) is 18.6 Å². The molecule has 0 bridgehead atoms. The topological polar surface area (TPSA) is 72.5 Å². The smallest absolute Gasteiger partial charge is 0.404 e. The number of carbonyl (C=O) groups excluding carboxylic acids is 1. The molecule has 0 heterocycles. The number of ether oxygens (including phenoxy) is 1. The second-order valence-electron chi connectivity index (χ2n) is 3.23. The highest BCUT2D eigenvalue weighted by molar-refractivity contribution is 6.42. The predicted molar refractivity (Wildman–Crippen MR) is 61.6 cm³/mol. The molecule has 0 spiro atoms. The van der Waals surface area contributed by atoms with Crippen molar-refractivity contribution < 1.29 is 14.6 Å². The summed E-state index contributed by atoms with van der Waals surface area (Å²) in [5.41, 5.74) is 5.24. The number of halogens is 2. The van der Waals surface area contributed by atoms with E-state index >= 15 is 0 Å². The summed E-state index contributed by atoms with van der Waals surface area (Å²) in [6.45, 7) is 1.51. The molecule has 1 aromatic carbocycles. The number of aliphatic hydroxyl groups is 1. The number of primary amides is 1. The van der Waals surface area contributed by atoms with Gasteiger partial charge in [0.25, 0.3) is 0 Å². The molecule has 0 aliphatic carbocycles. The zero-order valence-electron chi connectivity index (χ0n) is 8.48. The third kappa shape index (κ3) is 3.01. The summed E-state index contributed by atoms with van der Waals surface area (Å²) in [6.07, 6.45) is -2.82. The fourth-order valence-corrected chi connectivity index (χ4v) is 1.67. The summed E-state index contributed by atoms with van der Waals surface area (Å²) in [7, 11) is 0. The molecule has 0 aliphatic rings. The number of aliphatic hydroxyl groups excluding tert-OH is 1. The first-order chi connectivity index (χ1) is 7.43. The van der Waals surface area contributed by atoms with Crippen LogP contribution in [0.5, 0.6) is 0 Å². The van der Waals surface area contributed by atoms with Crippen LogP contribution in [0.4, 0.5) is 4.79 Å². The Morgan fingerprint density at radius 1 is 1.50 bits per heavy atom. The minimum absolute atomic E-state index is 0.233. The lowest BCUT2D eigenvalue weighted by Gasteiger charge is -2.19. The van der Waals surface area contributed by atoms with Crippen molar-refractivity contribution in [1.29, 1.82) is 0 Å². The lowest BCUT2D eigenvalue weighted by molar-refractivity contribution is 0.0158. The maximum Gasteiger partial charge on any atom is 0.404 e. The van der Waals surface area contributed by atoms with Gasteiger partial charge in [0, 0.05) is 5.56 Å². The van der Waals surface area contributed by atoms with Crippen molar-refractivity contribution in [3.63, 3.8) is 0 Å². The number of benzene rings is 1. The zero-order chi connectivity index (χ0) is 12.3. The summed E-state index contributed by atoms with van der Waals surface area (Å²) < 4.78 is 4.65. The lowest BCUT2D eigenvalue weighted by Crippen LogP contribution is -2.26. The van der Waals surface area contributed by atoms with Crippen molar-refractivity contribution in [3.05, 3.63) is 33.8 Å². The fraction of sp³-hybridized carbons (Fsp3) is 0.300. The molecule has 0 aliphatic heterocycles. The Bertz CT molecular complexity index is 398. The van der Waals surface area contributed by atoms with Gasteiger partial charge in [-0.05, 0) is 13.0 Å². The molecule has 3 N–H and O–H groups in total. The van der Waals surface area contributed by atoms with Gasteiger partial charge in [-0.3, -0.25) is 0 Å². The largest absolute Gasteiger partial charge is 0.444 e. The minimum atomic E-state index is -1.07. The standard InChI is InChI=1S/C10H11Cl2NO3/c1-5(16-10(13)15)9(14)6-3-2-4-7(11)8(6)12/h2-5,9,14H,1H3,(H2,13,15)/t5-,9+/m1/s1. The van der Waals surface area contributed by atoms with Crippen molar-refractivity contribution in [2.45, 2.75) is 19.1 Å². The molecule has 16 heavy (non-hydrogen) atoms. The van der Waals surface area contributed by atoms with Gasteiger partial charge in [-0.25, -0.2) is 4.79 Å². The molecule has 0 aromatic heterocycles. The molecule has 1 amide bonds. The van der Waals surface area contributed by atoms with Gasteiger partial charge in [-0.15, -0.1) is 0 Å². The number of amides is 1. The highest BCUT2D eigenvalue weighted by Gasteiger charge is 2.22. The summed E-state index contributed by atoms with van der Waals surface area (Å²) in [5.74, 6) is 0. The van der Waals surface area contributed by atoms with Crippen LogP contribution in [0.15, 0.2) is 18.2 Å². The van der Waals surface area contributed by atoms with E-state index in [0.29, 0.717) is 10.6 Å². The van der Waals surface area contributed by atoms with Crippen LogP contribution >= 0.6 is 23.2 Å². The number of hydrogen-bond acceptors (Lipinski definition) is 3. The van der Waals surface area contributed by atoms with Gasteiger partial charge in [-0.2, -0.15) is 0 Å². The van der Waals surface area contributed by atoms with E-state index in [0.717, 1.165) is 0 Å². The van der Waals surface area contributed by atoms with Crippen LogP contribution < -0.4 is 5.73 Å². The molecular weight excluding hydrogens is 253 g/mol. The average Bonchev–Trinajstić information content (AvgIpc) is 2.20. The second kappa shape index (κ2) is 5.39. The lowest BCUT2D eigenvalue weighted by atomic mass is 10.1. The molecule has 6 heteroatoms. The summed E-state index contributed by atoms with van der Waals surface area (Å²) in [4.78, 5) is 10.5. The van der Waals surface area contributed by atoms with Crippen LogP contribution in [0.3, 0.4) is 0 Å². The van der Waals surface area contributed by atoms with E-state index < -0.39 is 18.3 Å². The Kier molecular flexibility index (Phi) is 4.41. The quantitative estimate of drug-likeness (QED) is 0.880. The van der Waals surface area contributed by atoms with Crippen LogP contribution in [0.2, 0.25) is 10.0 Å². The van der Waals surface area contributed by atoms with Crippen molar-refractivity contribution >= 4 is 29.3 Å². The van der Waals surface area contributed by atoms with Crippen molar-refractivity contribution in [2.24, 2.45) is 5.73 Å². The maximum absolute atomic E-state index is 10.5. The monoisotopic (exact) mass is 263 g/mol. The van der Waals surface area contributed by atoms with E-state index in [1.165, 1.54) is 6.92 Å². The van der Waals surface area contributed by atoms with Crippen LogP contribution in [0.25, 0.3) is 0 Å². The molecule has 0 fully saturated rings. The maximum atomic E-state index is 10.5. The highest BCUT2D eigenvalue weighted by Crippen LogP contribution is 2.31. The minimum Gasteiger partial charge on any atom is -0.444 e. The van der Waals surface area contributed by atoms with E-state index in [4.69, 9.17) is 28.9 Å². The second-order valence-corrected chi connectivity index (χ2v) is 4.02. The van der Waals surface area contributed by atoms with Gasteiger partial charge in [-0.1, -0.05) is 35.3 Å². The highest BCUT2D eigenvalue weighted by atomic mass is 35.5. The molecule has 1 aromatic rings. The molecule has 4 nitrogen and oxygen atoms in total. The van der Waals surface area contributed by atoms with Gasteiger partial charge in [0.15, 0.2) is 0 Å². The molecule has 88 valence electrons. The fourth-order valence-electron chi connectivity index (χ4n) is 1.25. The number of carbonyl (C=O) groups is 1. The van der Waals surface area contributed by atoms with Gasteiger partial charge in [0.2, 0.25) is 0 Å². The van der Waals surface area contributed by atoms with Crippen molar-refractivity contribution in [1.82, 2.24) is 0 Å². The van der Waals surface area contributed by atoms with Crippen molar-refractivity contribution in [2.75, 3.05) is 0 Å². The first-order valence-electron chi connectivity index (χ1n) is 4.51. The molecule has 0 saturated heterocycles. The Balaban J connectivity index is 2.91. The normalized spacial score (nSPS) is 14.2. The Morgan fingerprint density at radius 2 is 2.12 bits per heavy atom. The molecular formula is C10H11Cl2NO3. The first-order valence-corrected chi connectivity index (χ1v) is 5.27. The van der Waals surface area contributed by atoms with E-state index in [9.17, 15) is 9.90 Å². The number of nitrogens with two attached hydrogens (primary N) is 1. The van der Waals surface area contributed by atoms with Gasteiger partial charge >= 0.3 is 6.09 Å². The molecule has 0 unspecified atom stereocenters. The zero-order valence-corrected chi connectivity index (χ0v) is 10.00. The molecule has 0 radical (unpaired) electrons. The average molecular weight is 264 g/mol. The molecule has 2 atom stereocenters. The van der Waals surface area contributed by atoms with Crippen LogP contribution in [0, 0.1) is 0 Å². The summed E-state index contributed by atoms with van der Waals surface area (Å²) >= 11 is 11.7. The third-order valence-corrected chi connectivity index (χ3v) is 2.88. The van der Waals surface area contributed by atoms with Crippen molar-refractivity contribution in [3.8, 4) is 0 Å². The van der Waals surface area contributed by atoms with E-state index in [-0.39, 0.29) is 5.02 Å². The first kappa shape index (κ1) is 13.1. The summed E-state index contributed by atoms with van der Waals surface area (Å²) in [6, 6.07) is 4.84. The number of rotatable bonds is 3. The Labute approximate surface area is 103 Å². The number of hydrogen-bond donors (Lipinski definition) is 2. The third-order valence-electron chi connectivity index (χ3n) is 2.05. The SMILES string of the molecule is C[C@@H](OC(N)=O)[C@H](O)c1cccc(Cl)c1Cl. The molecule has 0 saturated carbocycles. The Morgan fingerprint density at radius 3 is 2.69 bits per heavy atom. The summed E-state index contributed by atoms with van der Waals surface area (Å²) in [5, 5.41) is 10.4. The van der Waals surface area contributed by atoms with Crippen LogP contribution in [-0.4, -0.2) is 17.3 Å². The van der Waals surface area contributed by atoms with E-state index in [1.807, 2.05) is 0 Å². The van der Waals surface area contributed by atoms with Gasteiger partial charge in [0.05, 0.1) is 10.0 Å². The predicted octanol–water partition coefficient (Wildman–Crippen LogP) is 2.51. The van der Waals surface area contributed by atoms with E-state index in [1.54, 1.807) is 18.2 Å². The Hall–Kier alpha value is -0.970. The van der Waals surface area contributed by atoms with Crippen LogP contribution in [-0.2, 0) is 4.74 Å². The van der Waals surface area contributed by atoms with Gasteiger partial charge < -0.3 is 15.6 Å². The van der Waals surface area contributed by atoms with Gasteiger partial charge in [0.1, 0.15) is 12.2 Å².